The highest BCUT2D eigenvalue weighted by Crippen LogP contribution is 2.39. The molecule has 2 aliphatic carbocycles. The van der Waals surface area contributed by atoms with E-state index in [4.69, 9.17) is 0 Å². The average Bonchev–Trinajstić information content (AvgIpc) is 3.17. The lowest BCUT2D eigenvalue weighted by molar-refractivity contribution is 0.232. The first kappa shape index (κ1) is 11.9. The van der Waals surface area contributed by atoms with Crippen LogP contribution in [0.3, 0.4) is 0 Å². The van der Waals surface area contributed by atoms with E-state index in [-0.39, 0.29) is 0 Å². The molecule has 1 aromatic carbocycles. The molecule has 1 saturated carbocycles. The minimum absolute atomic E-state index is 0.505. The van der Waals surface area contributed by atoms with Gasteiger partial charge in [0.25, 0.3) is 0 Å². The summed E-state index contributed by atoms with van der Waals surface area (Å²) < 4.78 is 2.30. The molecule has 102 valence electrons. The van der Waals surface area contributed by atoms with Gasteiger partial charge in [0.2, 0.25) is 0 Å². The van der Waals surface area contributed by atoms with Gasteiger partial charge in [-0.05, 0) is 30.0 Å². The molecule has 2 aliphatic rings. The number of hydrogen-bond acceptors (Lipinski definition) is 2. The Kier molecular flexibility index (Phi) is 2.74. The summed E-state index contributed by atoms with van der Waals surface area (Å²) in [6.45, 7) is 0. The summed E-state index contributed by atoms with van der Waals surface area (Å²) in [5, 5.41) is 10.2. The van der Waals surface area contributed by atoms with Crippen LogP contribution in [0.4, 0.5) is 0 Å². The number of rotatable bonds is 2. The van der Waals surface area contributed by atoms with Gasteiger partial charge in [-0.3, -0.25) is 0 Å². The van der Waals surface area contributed by atoms with Crippen LogP contribution in [-0.2, 0) is 0 Å². The quantitative estimate of drug-likeness (QED) is 0.903. The van der Waals surface area contributed by atoms with Crippen LogP contribution in [0.5, 0.6) is 0 Å². The van der Waals surface area contributed by atoms with E-state index in [9.17, 15) is 5.11 Å². The fourth-order valence-electron chi connectivity index (χ4n) is 3.53. The Labute approximate surface area is 118 Å². The summed E-state index contributed by atoms with van der Waals surface area (Å²) in [6.07, 6.45) is 10.5. The van der Waals surface area contributed by atoms with Crippen LogP contribution in [0.2, 0.25) is 0 Å². The first-order valence-electron chi connectivity index (χ1n) is 7.37. The molecule has 4 rings (SSSR count). The van der Waals surface area contributed by atoms with E-state index in [0.717, 1.165) is 22.5 Å². The van der Waals surface area contributed by atoms with Crippen LogP contribution < -0.4 is 0 Å². The van der Waals surface area contributed by atoms with Crippen molar-refractivity contribution in [3.8, 4) is 0 Å². The summed E-state index contributed by atoms with van der Waals surface area (Å²) in [4.78, 5) is 4.56. The first-order valence-corrected chi connectivity index (χ1v) is 7.37. The maximum atomic E-state index is 10.2. The second-order valence-electron chi connectivity index (χ2n) is 5.71. The van der Waals surface area contributed by atoms with Crippen LogP contribution in [-0.4, -0.2) is 14.7 Å². The number of hydrogen-bond donors (Lipinski definition) is 1. The lowest BCUT2D eigenvalue weighted by Gasteiger charge is -2.16. The molecule has 0 saturated heterocycles. The van der Waals surface area contributed by atoms with Gasteiger partial charge in [0.15, 0.2) is 0 Å². The van der Waals surface area contributed by atoms with E-state index in [1.54, 1.807) is 0 Å². The van der Waals surface area contributed by atoms with Gasteiger partial charge in [-0.2, -0.15) is 0 Å². The van der Waals surface area contributed by atoms with E-state index in [1.807, 2.05) is 30.5 Å². The molecule has 1 heterocycles. The first-order chi connectivity index (χ1) is 9.84. The minimum atomic E-state index is -0.505. The van der Waals surface area contributed by atoms with Gasteiger partial charge in [0.05, 0.1) is 6.10 Å². The van der Waals surface area contributed by atoms with Gasteiger partial charge in [-0.25, -0.2) is 4.98 Å². The lowest BCUT2D eigenvalue weighted by Crippen LogP contribution is -2.08. The van der Waals surface area contributed by atoms with Crippen molar-refractivity contribution in [2.75, 3.05) is 0 Å². The lowest BCUT2D eigenvalue weighted by atomic mass is 10.0. The fourth-order valence-corrected chi connectivity index (χ4v) is 3.53. The second kappa shape index (κ2) is 4.60. The van der Waals surface area contributed by atoms with E-state index in [2.05, 4.69) is 21.8 Å². The summed E-state index contributed by atoms with van der Waals surface area (Å²) in [6, 6.07) is 8.63. The van der Waals surface area contributed by atoms with E-state index >= 15 is 0 Å². The number of fused-ring (bicyclic) bond motifs is 1. The summed E-state index contributed by atoms with van der Waals surface area (Å²) in [7, 11) is 0. The number of imidazole rings is 1. The van der Waals surface area contributed by atoms with Gasteiger partial charge in [-0.15, -0.1) is 0 Å². The van der Waals surface area contributed by atoms with Gasteiger partial charge >= 0.3 is 0 Å². The summed E-state index contributed by atoms with van der Waals surface area (Å²) in [5.74, 6) is 1.00. The molecule has 1 aromatic heterocycles. The molecular weight excluding hydrogens is 248 g/mol. The molecule has 0 amide bonds. The van der Waals surface area contributed by atoms with E-state index < -0.39 is 6.10 Å². The second-order valence-corrected chi connectivity index (χ2v) is 5.71. The molecule has 1 atom stereocenters. The van der Waals surface area contributed by atoms with Crippen LogP contribution >= 0.6 is 0 Å². The van der Waals surface area contributed by atoms with Crippen LogP contribution in [0.25, 0.3) is 5.57 Å². The maximum Gasteiger partial charge on any atom is 0.140 e. The predicted octanol–water partition coefficient (Wildman–Crippen LogP) is 3.48. The van der Waals surface area contributed by atoms with Gasteiger partial charge in [0.1, 0.15) is 5.82 Å². The molecule has 1 fully saturated rings. The Balaban J connectivity index is 1.79. The van der Waals surface area contributed by atoms with Crippen LogP contribution in [0, 0.1) is 0 Å². The Morgan fingerprint density at radius 3 is 2.80 bits per heavy atom. The summed E-state index contributed by atoms with van der Waals surface area (Å²) in [5.41, 5.74) is 3.18. The topological polar surface area (TPSA) is 38.1 Å². The van der Waals surface area contributed by atoms with Crippen molar-refractivity contribution in [3.05, 3.63) is 59.7 Å². The zero-order valence-electron chi connectivity index (χ0n) is 11.4. The third-order valence-corrected chi connectivity index (χ3v) is 4.52. The fraction of sp³-hybridized carbons (Fsp3) is 0.353. The molecular formula is C17H18N2O. The predicted molar refractivity (Wildman–Crippen MR) is 78.2 cm³/mol. The Hall–Kier alpha value is -1.87. The number of nitrogens with zero attached hydrogens (tertiary/aromatic N) is 2. The molecule has 1 unspecified atom stereocenters. The molecule has 0 aliphatic heterocycles. The minimum Gasteiger partial charge on any atom is -0.384 e. The molecule has 3 heteroatoms. The van der Waals surface area contributed by atoms with E-state index in [1.165, 1.54) is 25.7 Å². The summed E-state index contributed by atoms with van der Waals surface area (Å²) >= 11 is 0. The van der Waals surface area contributed by atoms with Gasteiger partial charge in [-0.1, -0.05) is 37.1 Å². The molecule has 1 N–H and O–H groups in total. The zero-order chi connectivity index (χ0) is 13.5. The smallest absolute Gasteiger partial charge is 0.140 e. The highest BCUT2D eigenvalue weighted by Gasteiger charge is 2.27. The highest BCUT2D eigenvalue weighted by molar-refractivity contribution is 5.82. The van der Waals surface area contributed by atoms with Crippen LogP contribution in [0.15, 0.2) is 42.7 Å². The van der Waals surface area contributed by atoms with Gasteiger partial charge in [0, 0.05) is 24.0 Å². The molecule has 20 heavy (non-hydrogen) atoms. The number of aliphatic hydroxyl groups is 1. The molecule has 0 bridgehead atoms. The number of benzene rings is 1. The van der Waals surface area contributed by atoms with Crippen molar-refractivity contribution in [2.45, 2.75) is 37.8 Å². The average molecular weight is 266 g/mol. The van der Waals surface area contributed by atoms with Crippen molar-refractivity contribution >= 4 is 5.57 Å². The largest absolute Gasteiger partial charge is 0.384 e. The van der Waals surface area contributed by atoms with Gasteiger partial charge < -0.3 is 9.67 Å². The third-order valence-electron chi connectivity index (χ3n) is 4.52. The standard InChI is InChI=1S/C17H18N2O/c20-16-11-15(13-7-3-4-8-14(13)16)17-18-9-10-19(17)12-5-1-2-6-12/h3-4,7-12,16,20H,1-2,5-6H2. The molecule has 0 radical (unpaired) electrons. The zero-order valence-corrected chi connectivity index (χ0v) is 11.4. The van der Waals surface area contributed by atoms with Crippen molar-refractivity contribution in [1.29, 1.82) is 0 Å². The Bertz CT molecular complexity index is 665. The van der Waals surface area contributed by atoms with E-state index in [0.29, 0.717) is 6.04 Å². The number of aromatic nitrogens is 2. The van der Waals surface area contributed by atoms with Crippen molar-refractivity contribution in [1.82, 2.24) is 9.55 Å². The SMILES string of the molecule is OC1C=C(c2nccn2C2CCCC2)c2ccccc21. The van der Waals surface area contributed by atoms with Crippen LogP contribution in [0.1, 0.15) is 54.8 Å². The monoisotopic (exact) mass is 266 g/mol. The highest BCUT2D eigenvalue weighted by atomic mass is 16.3. The third kappa shape index (κ3) is 1.74. The Morgan fingerprint density at radius 1 is 1.15 bits per heavy atom. The Morgan fingerprint density at radius 2 is 1.95 bits per heavy atom. The molecule has 3 nitrogen and oxygen atoms in total. The van der Waals surface area contributed by atoms with Crippen molar-refractivity contribution in [3.63, 3.8) is 0 Å². The number of aliphatic hydroxyl groups excluding tert-OH is 1. The molecule has 2 aromatic rings. The maximum absolute atomic E-state index is 10.2. The van der Waals surface area contributed by atoms with Crippen molar-refractivity contribution in [2.24, 2.45) is 0 Å². The van der Waals surface area contributed by atoms with Crippen molar-refractivity contribution < 1.29 is 5.11 Å². The normalized spacial score (nSPS) is 22.1. The molecule has 0 spiro atoms.